The zero-order chi connectivity index (χ0) is 17.8. The van der Waals surface area contributed by atoms with Crippen molar-refractivity contribution >= 4 is 23.0 Å². The Morgan fingerprint density at radius 1 is 1.36 bits per heavy atom. The molecule has 0 N–H and O–H groups in total. The molecule has 0 unspecified atom stereocenters. The molecule has 6 heteroatoms. The number of carbonyl (C=O) groups is 2. The summed E-state index contributed by atoms with van der Waals surface area (Å²) in [6.07, 6.45) is 5.36. The molecule has 134 valence electrons. The Bertz CT molecular complexity index is 768. The van der Waals surface area contributed by atoms with E-state index in [0.717, 1.165) is 32.1 Å². The highest BCUT2D eigenvalue weighted by molar-refractivity contribution is 5.99. The maximum Gasteiger partial charge on any atom is 0.328 e. The van der Waals surface area contributed by atoms with Gasteiger partial charge in [0, 0.05) is 18.5 Å². The summed E-state index contributed by atoms with van der Waals surface area (Å²) >= 11 is 0. The van der Waals surface area contributed by atoms with Crippen molar-refractivity contribution in [3.8, 4) is 0 Å². The second-order valence-electron chi connectivity index (χ2n) is 6.43. The Morgan fingerprint density at radius 3 is 2.96 bits per heavy atom. The molecule has 0 spiro atoms. The number of piperidine rings is 1. The predicted molar refractivity (Wildman–Crippen MR) is 93.3 cm³/mol. The van der Waals surface area contributed by atoms with E-state index < -0.39 is 6.04 Å². The minimum absolute atomic E-state index is 0.157. The number of methoxy groups -OCH3 is 1. The van der Waals surface area contributed by atoms with Gasteiger partial charge in [0.1, 0.15) is 11.6 Å². The van der Waals surface area contributed by atoms with Gasteiger partial charge in [0.05, 0.1) is 7.11 Å². The van der Waals surface area contributed by atoms with Gasteiger partial charge < -0.3 is 14.1 Å². The zero-order valence-corrected chi connectivity index (χ0v) is 14.8. The number of nitrogens with zero attached hydrogens (tertiary/aromatic N) is 2. The number of hydrogen-bond donors (Lipinski definition) is 0. The molecule has 1 aliphatic heterocycles. The van der Waals surface area contributed by atoms with E-state index in [4.69, 9.17) is 9.15 Å². The zero-order valence-electron chi connectivity index (χ0n) is 14.8. The summed E-state index contributed by atoms with van der Waals surface area (Å²) in [5.41, 5.74) is 1.90. The largest absolute Gasteiger partial charge is 0.467 e. The fourth-order valence-corrected chi connectivity index (χ4v) is 3.26. The van der Waals surface area contributed by atoms with Crippen molar-refractivity contribution < 1.29 is 18.7 Å². The summed E-state index contributed by atoms with van der Waals surface area (Å²) in [6.45, 7) is 2.69. The number of aromatic nitrogens is 1. The molecule has 0 aliphatic carbocycles. The van der Waals surface area contributed by atoms with Gasteiger partial charge in [-0.1, -0.05) is 13.3 Å². The van der Waals surface area contributed by atoms with Gasteiger partial charge in [0.2, 0.25) is 0 Å². The predicted octanol–water partition coefficient (Wildman–Crippen LogP) is 3.34. The first-order valence-corrected chi connectivity index (χ1v) is 8.92. The summed E-state index contributed by atoms with van der Waals surface area (Å²) < 4.78 is 10.6. The lowest BCUT2D eigenvalue weighted by atomic mass is 10.0. The van der Waals surface area contributed by atoms with Crippen LogP contribution in [0.1, 0.15) is 55.3 Å². The van der Waals surface area contributed by atoms with Crippen LogP contribution in [0.5, 0.6) is 0 Å². The molecule has 25 heavy (non-hydrogen) atoms. The average molecular weight is 344 g/mol. The van der Waals surface area contributed by atoms with Gasteiger partial charge in [-0.15, -0.1) is 0 Å². The first-order valence-electron chi connectivity index (χ1n) is 8.92. The smallest absolute Gasteiger partial charge is 0.328 e. The van der Waals surface area contributed by atoms with Gasteiger partial charge in [-0.2, -0.15) is 0 Å². The number of oxazole rings is 1. The van der Waals surface area contributed by atoms with Crippen LogP contribution in [0.25, 0.3) is 11.1 Å². The van der Waals surface area contributed by atoms with E-state index in [-0.39, 0.29) is 11.9 Å². The first kappa shape index (κ1) is 17.5. The standard InChI is InChI=1S/C19H24N2O4/c1-3-4-8-17-20-14-12-13(9-10-16(14)25-17)18(22)21-11-6-5-7-15(21)19(23)24-2/h9-10,12,15H,3-8,11H2,1-2H3/t15-/m1/s1. The van der Waals surface area contributed by atoms with Crippen LogP contribution < -0.4 is 0 Å². The molecule has 2 heterocycles. The van der Waals surface area contributed by atoms with Gasteiger partial charge in [-0.05, 0) is 43.9 Å². The van der Waals surface area contributed by atoms with Crippen LogP contribution in [-0.4, -0.2) is 41.5 Å². The highest BCUT2D eigenvalue weighted by Gasteiger charge is 2.33. The van der Waals surface area contributed by atoms with Crippen molar-refractivity contribution in [2.24, 2.45) is 0 Å². The topological polar surface area (TPSA) is 72.6 Å². The van der Waals surface area contributed by atoms with Gasteiger partial charge in [-0.25, -0.2) is 9.78 Å². The van der Waals surface area contributed by atoms with Gasteiger partial charge >= 0.3 is 5.97 Å². The van der Waals surface area contributed by atoms with Crippen LogP contribution >= 0.6 is 0 Å². The molecule has 1 aromatic heterocycles. The van der Waals surface area contributed by atoms with E-state index in [9.17, 15) is 9.59 Å². The van der Waals surface area contributed by atoms with E-state index in [2.05, 4.69) is 11.9 Å². The van der Waals surface area contributed by atoms with Gasteiger partial charge in [0.25, 0.3) is 5.91 Å². The molecule has 1 amide bonds. The van der Waals surface area contributed by atoms with Crippen LogP contribution in [0.3, 0.4) is 0 Å². The van der Waals surface area contributed by atoms with Crippen LogP contribution in [0.4, 0.5) is 0 Å². The van der Waals surface area contributed by atoms with Gasteiger partial charge in [0.15, 0.2) is 11.5 Å². The lowest BCUT2D eigenvalue weighted by molar-refractivity contribution is -0.147. The number of aryl methyl sites for hydroxylation is 1. The van der Waals surface area contributed by atoms with E-state index >= 15 is 0 Å². The highest BCUT2D eigenvalue weighted by atomic mass is 16.5. The van der Waals surface area contributed by atoms with E-state index in [0.29, 0.717) is 35.5 Å². The number of ether oxygens (including phenoxy) is 1. The summed E-state index contributed by atoms with van der Waals surface area (Å²) in [4.78, 5) is 31.0. The molecular formula is C19H24N2O4. The third kappa shape index (κ3) is 3.67. The average Bonchev–Trinajstić information content (AvgIpc) is 3.07. The number of hydrogen-bond acceptors (Lipinski definition) is 5. The maximum absolute atomic E-state index is 12.9. The van der Waals surface area contributed by atoms with Crippen LogP contribution in [-0.2, 0) is 16.0 Å². The number of rotatable bonds is 5. The second-order valence-corrected chi connectivity index (χ2v) is 6.43. The van der Waals surface area contributed by atoms with Crippen molar-refractivity contribution in [1.82, 2.24) is 9.88 Å². The molecule has 3 rings (SSSR count). The molecule has 1 aromatic carbocycles. The number of fused-ring (bicyclic) bond motifs is 1. The normalized spacial score (nSPS) is 17.7. The molecule has 2 aromatic rings. The summed E-state index contributed by atoms with van der Waals surface area (Å²) in [5.74, 6) is 0.194. The molecule has 1 fully saturated rings. The monoisotopic (exact) mass is 344 g/mol. The fourth-order valence-electron chi connectivity index (χ4n) is 3.26. The Morgan fingerprint density at radius 2 is 2.20 bits per heavy atom. The van der Waals surface area contributed by atoms with Crippen LogP contribution in [0, 0.1) is 0 Å². The molecule has 0 radical (unpaired) electrons. The molecule has 1 atom stereocenters. The highest BCUT2D eigenvalue weighted by Crippen LogP contribution is 2.23. The van der Waals surface area contributed by atoms with Crippen molar-refractivity contribution in [1.29, 1.82) is 0 Å². The van der Waals surface area contributed by atoms with Gasteiger partial charge in [-0.3, -0.25) is 4.79 Å². The van der Waals surface area contributed by atoms with Crippen LogP contribution in [0.2, 0.25) is 0 Å². The number of carbonyl (C=O) groups excluding carboxylic acids is 2. The van der Waals surface area contributed by atoms with E-state index in [1.807, 2.05) is 0 Å². The summed E-state index contributed by atoms with van der Waals surface area (Å²) in [5, 5.41) is 0. The fraction of sp³-hybridized carbons (Fsp3) is 0.526. The van der Waals surface area contributed by atoms with Crippen molar-refractivity contribution in [2.75, 3.05) is 13.7 Å². The molecule has 0 bridgehead atoms. The quantitative estimate of drug-likeness (QED) is 0.778. The third-order valence-corrected chi connectivity index (χ3v) is 4.66. The molecule has 1 aliphatic rings. The Labute approximate surface area is 147 Å². The first-order chi connectivity index (χ1) is 12.1. The Balaban J connectivity index is 1.84. The lowest BCUT2D eigenvalue weighted by Gasteiger charge is -2.33. The SMILES string of the molecule is CCCCc1nc2cc(C(=O)N3CCCC[C@@H]3C(=O)OC)ccc2o1. The Hall–Kier alpha value is -2.37. The van der Waals surface area contributed by atoms with E-state index in [1.54, 1.807) is 23.1 Å². The number of likely N-dealkylation sites (tertiary alicyclic amines) is 1. The summed E-state index contributed by atoms with van der Waals surface area (Å²) in [6, 6.07) is 4.77. The third-order valence-electron chi connectivity index (χ3n) is 4.66. The van der Waals surface area contributed by atoms with Crippen molar-refractivity contribution in [3.05, 3.63) is 29.7 Å². The van der Waals surface area contributed by atoms with Crippen molar-refractivity contribution in [3.63, 3.8) is 0 Å². The molecule has 1 saturated heterocycles. The number of amides is 1. The van der Waals surface area contributed by atoms with Crippen LogP contribution in [0.15, 0.2) is 22.6 Å². The number of esters is 1. The van der Waals surface area contributed by atoms with E-state index in [1.165, 1.54) is 7.11 Å². The summed E-state index contributed by atoms with van der Waals surface area (Å²) in [7, 11) is 1.36. The number of unbranched alkanes of at least 4 members (excludes halogenated alkanes) is 1. The lowest BCUT2D eigenvalue weighted by Crippen LogP contribution is -2.48. The number of benzene rings is 1. The Kier molecular flexibility index (Phi) is 5.36. The molecule has 6 nitrogen and oxygen atoms in total. The minimum atomic E-state index is -0.501. The molecular weight excluding hydrogens is 320 g/mol. The maximum atomic E-state index is 12.9. The second kappa shape index (κ2) is 7.68. The molecule has 0 saturated carbocycles. The minimum Gasteiger partial charge on any atom is -0.467 e. The van der Waals surface area contributed by atoms with Crippen molar-refractivity contribution in [2.45, 2.75) is 51.5 Å².